The number of carboxylic acids is 2. The Morgan fingerprint density at radius 1 is 0.952 bits per heavy atom. The van der Waals surface area contributed by atoms with Crippen LogP contribution in [0.25, 0.3) is 0 Å². The molecule has 0 atom stereocenters. The maximum Gasteiger partial charge on any atom is 0.339 e. The zero-order valence-electron chi connectivity index (χ0n) is 10.7. The largest absolute Gasteiger partial charge is 0.507 e. The van der Waals surface area contributed by atoms with Crippen molar-refractivity contribution < 1.29 is 24.9 Å². The third-order valence-electron chi connectivity index (χ3n) is 3.01. The number of halogens is 1. The molecule has 0 saturated heterocycles. The van der Waals surface area contributed by atoms with Crippen LogP contribution in [0.3, 0.4) is 0 Å². The molecule has 0 aliphatic heterocycles. The maximum absolute atomic E-state index is 11.2. The number of benzene rings is 2. The molecule has 5 nitrogen and oxygen atoms in total. The average Bonchev–Trinajstić information content (AvgIpc) is 2.42. The third kappa shape index (κ3) is 3.14. The van der Waals surface area contributed by atoms with Crippen LogP contribution in [0.4, 0.5) is 0 Å². The molecule has 0 spiro atoms. The molecule has 3 N–H and O–H groups in total. The molecule has 0 unspecified atom stereocenters. The number of carboxylic acid groups (broad SMARTS) is 2. The van der Waals surface area contributed by atoms with Crippen molar-refractivity contribution in [3.8, 4) is 5.75 Å². The Morgan fingerprint density at radius 3 is 2.19 bits per heavy atom. The van der Waals surface area contributed by atoms with Gasteiger partial charge in [-0.3, -0.25) is 0 Å². The van der Waals surface area contributed by atoms with Gasteiger partial charge in [0, 0.05) is 17.0 Å². The Kier molecular flexibility index (Phi) is 4.14. The number of phenols is 1. The predicted molar refractivity (Wildman–Crippen MR) is 76.3 cm³/mol. The normalized spacial score (nSPS) is 10.3. The summed E-state index contributed by atoms with van der Waals surface area (Å²) in [5, 5.41) is 28.3. The monoisotopic (exact) mass is 306 g/mol. The minimum atomic E-state index is -1.30. The van der Waals surface area contributed by atoms with E-state index in [1.54, 1.807) is 18.2 Å². The van der Waals surface area contributed by atoms with E-state index >= 15 is 0 Å². The second kappa shape index (κ2) is 5.85. The lowest BCUT2D eigenvalue weighted by Crippen LogP contribution is -2.04. The maximum atomic E-state index is 11.2. The molecular formula is C15H11ClO5. The van der Waals surface area contributed by atoms with Crippen LogP contribution in [0.5, 0.6) is 5.75 Å². The van der Waals surface area contributed by atoms with Crippen LogP contribution >= 0.6 is 11.6 Å². The molecule has 0 radical (unpaired) electrons. The molecule has 0 saturated carbocycles. The highest BCUT2D eigenvalue weighted by molar-refractivity contribution is 6.31. The molecule has 0 bridgehead atoms. The van der Waals surface area contributed by atoms with Crippen molar-refractivity contribution in [2.75, 3.05) is 0 Å². The van der Waals surface area contributed by atoms with Crippen molar-refractivity contribution in [3.05, 3.63) is 63.7 Å². The Balaban J connectivity index is 2.50. The van der Waals surface area contributed by atoms with Crippen LogP contribution in [0.2, 0.25) is 5.02 Å². The predicted octanol–water partition coefficient (Wildman–Crippen LogP) is 3.03. The summed E-state index contributed by atoms with van der Waals surface area (Å²) in [6.07, 6.45) is 0.0646. The Bertz CT molecular complexity index is 724. The van der Waals surface area contributed by atoms with Gasteiger partial charge in [0.1, 0.15) is 11.3 Å². The third-order valence-corrected chi connectivity index (χ3v) is 3.23. The summed E-state index contributed by atoms with van der Waals surface area (Å²) in [5.41, 5.74) is 0.492. The first-order valence-electron chi connectivity index (χ1n) is 5.96. The second-order valence-corrected chi connectivity index (χ2v) is 4.84. The van der Waals surface area contributed by atoms with Crippen molar-refractivity contribution in [3.63, 3.8) is 0 Å². The lowest BCUT2D eigenvalue weighted by Gasteiger charge is -2.10. The van der Waals surface area contributed by atoms with Crippen molar-refractivity contribution in [2.24, 2.45) is 0 Å². The lowest BCUT2D eigenvalue weighted by atomic mass is 9.97. The van der Waals surface area contributed by atoms with E-state index in [0.717, 1.165) is 6.07 Å². The van der Waals surface area contributed by atoms with Gasteiger partial charge in [-0.25, -0.2) is 9.59 Å². The van der Waals surface area contributed by atoms with Gasteiger partial charge in [0.2, 0.25) is 0 Å². The van der Waals surface area contributed by atoms with Crippen molar-refractivity contribution in [1.29, 1.82) is 0 Å². The highest BCUT2D eigenvalue weighted by Gasteiger charge is 2.17. The Hall–Kier alpha value is -2.53. The van der Waals surface area contributed by atoms with Gasteiger partial charge in [-0.2, -0.15) is 0 Å². The van der Waals surface area contributed by atoms with E-state index in [-0.39, 0.29) is 28.1 Å². The van der Waals surface area contributed by atoms with E-state index in [0.29, 0.717) is 5.56 Å². The van der Waals surface area contributed by atoms with Gasteiger partial charge in [-0.05, 0) is 23.8 Å². The van der Waals surface area contributed by atoms with E-state index in [1.165, 1.54) is 12.1 Å². The quantitative estimate of drug-likeness (QED) is 0.807. The molecular weight excluding hydrogens is 296 g/mol. The lowest BCUT2D eigenvalue weighted by molar-refractivity contribution is 0.0683. The van der Waals surface area contributed by atoms with Crippen LogP contribution in [-0.4, -0.2) is 27.3 Å². The minimum absolute atomic E-state index is 0.0646. The standard InChI is InChI=1S/C15H11ClO5/c16-10-6-9(13(17)12(7-10)15(20)21)5-8-3-1-2-4-11(8)14(18)19/h1-4,6-7,17H,5H2,(H,18,19)(H,20,21). The molecule has 0 heterocycles. The van der Waals surface area contributed by atoms with Crippen LogP contribution in [0.1, 0.15) is 31.8 Å². The summed E-state index contributed by atoms with van der Waals surface area (Å²) < 4.78 is 0. The van der Waals surface area contributed by atoms with Crippen LogP contribution < -0.4 is 0 Å². The molecule has 0 aliphatic rings. The summed E-state index contributed by atoms with van der Waals surface area (Å²) >= 11 is 5.84. The SMILES string of the molecule is O=C(O)c1ccccc1Cc1cc(Cl)cc(C(=O)O)c1O. The summed E-state index contributed by atoms with van der Waals surface area (Å²) in [6.45, 7) is 0. The van der Waals surface area contributed by atoms with Gasteiger partial charge in [-0.15, -0.1) is 0 Å². The van der Waals surface area contributed by atoms with Crippen LogP contribution in [0.15, 0.2) is 36.4 Å². The molecule has 0 amide bonds. The van der Waals surface area contributed by atoms with E-state index in [2.05, 4.69) is 0 Å². The van der Waals surface area contributed by atoms with E-state index in [1.807, 2.05) is 0 Å². The number of rotatable bonds is 4. The number of aromatic hydroxyl groups is 1. The Morgan fingerprint density at radius 2 is 1.57 bits per heavy atom. The number of hydrogen-bond donors (Lipinski definition) is 3. The van der Waals surface area contributed by atoms with Crippen LogP contribution in [-0.2, 0) is 6.42 Å². The summed E-state index contributed by atoms with van der Waals surface area (Å²) in [6, 6.07) is 8.87. The van der Waals surface area contributed by atoms with E-state index in [4.69, 9.17) is 21.8 Å². The highest BCUT2D eigenvalue weighted by Crippen LogP contribution is 2.29. The van der Waals surface area contributed by atoms with E-state index in [9.17, 15) is 14.7 Å². The summed E-state index contributed by atoms with van der Waals surface area (Å²) in [5.74, 6) is -2.81. The average molecular weight is 307 g/mol. The second-order valence-electron chi connectivity index (χ2n) is 4.41. The van der Waals surface area contributed by atoms with E-state index < -0.39 is 17.7 Å². The van der Waals surface area contributed by atoms with Gasteiger partial charge in [0.25, 0.3) is 0 Å². The molecule has 0 aromatic heterocycles. The molecule has 0 aliphatic carbocycles. The fourth-order valence-electron chi connectivity index (χ4n) is 2.04. The van der Waals surface area contributed by atoms with Gasteiger partial charge >= 0.3 is 11.9 Å². The minimum Gasteiger partial charge on any atom is -0.507 e. The first kappa shape index (κ1) is 14.9. The van der Waals surface area contributed by atoms with Gasteiger partial charge in [0.05, 0.1) is 5.56 Å². The van der Waals surface area contributed by atoms with Crippen molar-refractivity contribution in [2.45, 2.75) is 6.42 Å². The molecule has 0 fully saturated rings. The van der Waals surface area contributed by atoms with Gasteiger partial charge in [0.15, 0.2) is 0 Å². The van der Waals surface area contributed by atoms with Crippen molar-refractivity contribution >= 4 is 23.5 Å². The first-order valence-corrected chi connectivity index (χ1v) is 6.34. The first-order chi connectivity index (χ1) is 9.90. The number of carbonyl (C=O) groups is 2. The highest BCUT2D eigenvalue weighted by atomic mass is 35.5. The molecule has 21 heavy (non-hydrogen) atoms. The smallest absolute Gasteiger partial charge is 0.339 e. The number of aromatic carboxylic acids is 2. The number of hydrogen-bond acceptors (Lipinski definition) is 3. The summed E-state index contributed by atoms with van der Waals surface area (Å²) in [4.78, 5) is 22.2. The molecule has 108 valence electrons. The summed E-state index contributed by atoms with van der Waals surface area (Å²) in [7, 11) is 0. The van der Waals surface area contributed by atoms with Gasteiger partial charge in [-0.1, -0.05) is 29.8 Å². The molecule has 2 rings (SSSR count). The zero-order chi connectivity index (χ0) is 15.6. The topological polar surface area (TPSA) is 94.8 Å². The Labute approximate surface area is 125 Å². The fraction of sp³-hybridized carbons (Fsp3) is 0.0667. The zero-order valence-corrected chi connectivity index (χ0v) is 11.5. The van der Waals surface area contributed by atoms with Crippen LogP contribution in [0, 0.1) is 0 Å². The molecule has 2 aromatic carbocycles. The van der Waals surface area contributed by atoms with Crippen molar-refractivity contribution in [1.82, 2.24) is 0 Å². The molecule has 2 aromatic rings. The molecule has 6 heteroatoms. The fourth-order valence-corrected chi connectivity index (χ4v) is 2.28. The van der Waals surface area contributed by atoms with Gasteiger partial charge < -0.3 is 15.3 Å².